The molecule has 0 aliphatic heterocycles. The van der Waals surface area contributed by atoms with Gasteiger partial charge in [-0.25, -0.2) is 4.98 Å². The third kappa shape index (κ3) is 2.14. The molecule has 86 valence electrons. The van der Waals surface area contributed by atoms with Crippen molar-refractivity contribution < 1.29 is 0 Å². The van der Waals surface area contributed by atoms with Crippen molar-refractivity contribution in [3.05, 3.63) is 35.7 Å². The summed E-state index contributed by atoms with van der Waals surface area (Å²) in [6.45, 7) is 3.38. The van der Waals surface area contributed by atoms with Crippen LogP contribution in [0.1, 0.15) is 24.0 Å². The van der Waals surface area contributed by atoms with Gasteiger partial charge < -0.3 is 10.3 Å². The molecule has 0 saturated carbocycles. The van der Waals surface area contributed by atoms with E-state index in [0.29, 0.717) is 6.54 Å². The van der Waals surface area contributed by atoms with Gasteiger partial charge in [-0.3, -0.25) is 4.68 Å². The second-order valence-electron chi connectivity index (χ2n) is 3.85. The maximum absolute atomic E-state index is 5.52. The Labute approximate surface area is 94.9 Å². The van der Waals surface area contributed by atoms with Gasteiger partial charge in [0.25, 0.3) is 0 Å². The largest absolute Gasteiger partial charge is 0.331 e. The van der Waals surface area contributed by atoms with Crippen molar-refractivity contribution in [2.75, 3.05) is 0 Å². The summed E-state index contributed by atoms with van der Waals surface area (Å²) < 4.78 is 3.94. The fraction of sp³-hybridized carbons (Fsp3) is 0.455. The number of aryl methyl sites for hydroxylation is 2. The van der Waals surface area contributed by atoms with Gasteiger partial charge >= 0.3 is 0 Å². The van der Waals surface area contributed by atoms with E-state index in [4.69, 9.17) is 5.73 Å². The molecule has 0 aromatic carbocycles. The Kier molecular flexibility index (Phi) is 3.05. The number of hydrogen-bond donors (Lipinski definition) is 1. The minimum Gasteiger partial charge on any atom is -0.331 e. The van der Waals surface area contributed by atoms with Gasteiger partial charge in [-0.2, -0.15) is 5.10 Å². The molecule has 0 spiro atoms. The van der Waals surface area contributed by atoms with Crippen LogP contribution < -0.4 is 5.73 Å². The van der Waals surface area contributed by atoms with Crippen LogP contribution in [0.25, 0.3) is 0 Å². The number of imidazole rings is 1. The molecular weight excluding hydrogens is 202 g/mol. The molecule has 0 bridgehead atoms. The SMILES string of the molecule is CCc1cc(Cn2cnc(CN)c2)n(C)n1. The molecule has 0 radical (unpaired) electrons. The molecule has 2 N–H and O–H groups in total. The number of rotatable bonds is 4. The molecule has 0 atom stereocenters. The zero-order chi connectivity index (χ0) is 11.5. The number of hydrogen-bond acceptors (Lipinski definition) is 3. The average Bonchev–Trinajstić information content (AvgIpc) is 2.87. The Morgan fingerprint density at radius 2 is 2.19 bits per heavy atom. The maximum Gasteiger partial charge on any atom is 0.0953 e. The lowest BCUT2D eigenvalue weighted by Crippen LogP contribution is -2.04. The topological polar surface area (TPSA) is 61.7 Å². The van der Waals surface area contributed by atoms with Crippen molar-refractivity contribution >= 4 is 0 Å². The van der Waals surface area contributed by atoms with E-state index in [1.54, 1.807) is 6.33 Å². The van der Waals surface area contributed by atoms with E-state index in [9.17, 15) is 0 Å². The number of nitrogens with two attached hydrogens (primary N) is 1. The van der Waals surface area contributed by atoms with Crippen LogP contribution >= 0.6 is 0 Å². The smallest absolute Gasteiger partial charge is 0.0953 e. The quantitative estimate of drug-likeness (QED) is 0.822. The molecule has 0 aliphatic rings. The molecule has 0 saturated heterocycles. The van der Waals surface area contributed by atoms with E-state index in [2.05, 4.69) is 23.1 Å². The van der Waals surface area contributed by atoms with Crippen molar-refractivity contribution in [1.29, 1.82) is 0 Å². The molecule has 2 rings (SSSR count). The van der Waals surface area contributed by atoms with Crippen molar-refractivity contribution in [2.45, 2.75) is 26.4 Å². The van der Waals surface area contributed by atoms with Gasteiger partial charge in [-0.1, -0.05) is 6.92 Å². The van der Waals surface area contributed by atoms with Crippen LogP contribution in [-0.2, 0) is 26.6 Å². The summed E-state index contributed by atoms with van der Waals surface area (Å²) in [4.78, 5) is 4.20. The fourth-order valence-electron chi connectivity index (χ4n) is 1.68. The first-order chi connectivity index (χ1) is 7.72. The molecule has 0 unspecified atom stereocenters. The highest BCUT2D eigenvalue weighted by molar-refractivity contribution is 5.11. The number of aromatic nitrogens is 4. The molecule has 2 aromatic heterocycles. The third-order valence-corrected chi connectivity index (χ3v) is 2.63. The standard InChI is InChI=1S/C11H17N5/c1-3-9-4-11(15(2)14-9)7-16-6-10(5-12)13-8-16/h4,6,8H,3,5,7,12H2,1-2H3. The molecule has 5 nitrogen and oxygen atoms in total. The summed E-state index contributed by atoms with van der Waals surface area (Å²) in [6.07, 6.45) is 4.74. The first-order valence-corrected chi connectivity index (χ1v) is 5.45. The normalized spacial score (nSPS) is 10.9. The molecule has 2 aromatic rings. The van der Waals surface area contributed by atoms with E-state index in [-0.39, 0.29) is 0 Å². The van der Waals surface area contributed by atoms with E-state index in [1.807, 2.05) is 22.5 Å². The summed E-state index contributed by atoms with van der Waals surface area (Å²) in [7, 11) is 1.97. The lowest BCUT2D eigenvalue weighted by atomic mass is 10.3. The zero-order valence-electron chi connectivity index (χ0n) is 9.72. The fourth-order valence-corrected chi connectivity index (χ4v) is 1.68. The van der Waals surface area contributed by atoms with Gasteiger partial charge in [0.1, 0.15) is 0 Å². The highest BCUT2D eigenvalue weighted by atomic mass is 15.3. The van der Waals surface area contributed by atoms with Crippen molar-refractivity contribution in [1.82, 2.24) is 19.3 Å². The molecule has 2 heterocycles. The molecule has 16 heavy (non-hydrogen) atoms. The summed E-state index contributed by atoms with van der Waals surface area (Å²) in [5.74, 6) is 0. The second-order valence-corrected chi connectivity index (χ2v) is 3.85. The van der Waals surface area contributed by atoms with Crippen LogP contribution in [0.4, 0.5) is 0 Å². The first kappa shape index (κ1) is 10.9. The summed E-state index contributed by atoms with van der Waals surface area (Å²) in [5.41, 5.74) is 8.73. The molecule has 0 fully saturated rings. The Hall–Kier alpha value is -1.62. The Bertz CT molecular complexity index is 468. The molecule has 0 amide bonds. The van der Waals surface area contributed by atoms with Crippen molar-refractivity contribution in [3.8, 4) is 0 Å². The van der Waals surface area contributed by atoms with Crippen LogP contribution in [0, 0.1) is 0 Å². The minimum atomic E-state index is 0.485. The van der Waals surface area contributed by atoms with Gasteiger partial charge in [0.15, 0.2) is 0 Å². The van der Waals surface area contributed by atoms with E-state index >= 15 is 0 Å². The first-order valence-electron chi connectivity index (χ1n) is 5.45. The van der Waals surface area contributed by atoms with Crippen molar-refractivity contribution in [3.63, 3.8) is 0 Å². The molecule has 5 heteroatoms. The summed E-state index contributed by atoms with van der Waals surface area (Å²) in [6, 6.07) is 2.13. The van der Waals surface area contributed by atoms with Crippen LogP contribution in [-0.4, -0.2) is 19.3 Å². The Balaban J connectivity index is 2.16. The number of nitrogens with zero attached hydrogens (tertiary/aromatic N) is 4. The summed E-state index contributed by atoms with van der Waals surface area (Å²) >= 11 is 0. The van der Waals surface area contributed by atoms with Crippen LogP contribution in [0.3, 0.4) is 0 Å². The van der Waals surface area contributed by atoms with Gasteiger partial charge in [-0.05, 0) is 12.5 Å². The second kappa shape index (κ2) is 4.49. The van der Waals surface area contributed by atoms with Gasteiger partial charge in [-0.15, -0.1) is 0 Å². The summed E-state index contributed by atoms with van der Waals surface area (Å²) in [5, 5.41) is 4.41. The van der Waals surface area contributed by atoms with Crippen LogP contribution in [0.2, 0.25) is 0 Å². The maximum atomic E-state index is 5.52. The zero-order valence-corrected chi connectivity index (χ0v) is 9.72. The van der Waals surface area contributed by atoms with Gasteiger partial charge in [0.2, 0.25) is 0 Å². The third-order valence-electron chi connectivity index (χ3n) is 2.63. The lowest BCUT2D eigenvalue weighted by molar-refractivity contribution is 0.660. The Morgan fingerprint density at radius 1 is 1.38 bits per heavy atom. The van der Waals surface area contributed by atoms with Gasteiger partial charge in [0, 0.05) is 19.8 Å². The highest BCUT2D eigenvalue weighted by Gasteiger charge is 2.05. The van der Waals surface area contributed by atoms with Crippen LogP contribution in [0.5, 0.6) is 0 Å². The van der Waals surface area contributed by atoms with E-state index < -0.39 is 0 Å². The molecular formula is C11H17N5. The van der Waals surface area contributed by atoms with E-state index in [0.717, 1.165) is 24.4 Å². The monoisotopic (exact) mass is 219 g/mol. The predicted molar refractivity (Wildman–Crippen MR) is 61.8 cm³/mol. The lowest BCUT2D eigenvalue weighted by Gasteiger charge is -2.01. The van der Waals surface area contributed by atoms with E-state index in [1.165, 1.54) is 5.69 Å². The average molecular weight is 219 g/mol. The highest BCUT2D eigenvalue weighted by Crippen LogP contribution is 2.06. The van der Waals surface area contributed by atoms with Crippen LogP contribution in [0.15, 0.2) is 18.6 Å². The van der Waals surface area contributed by atoms with Crippen molar-refractivity contribution in [2.24, 2.45) is 12.8 Å². The minimum absolute atomic E-state index is 0.485. The van der Waals surface area contributed by atoms with Gasteiger partial charge in [0.05, 0.1) is 30.0 Å². The molecule has 0 aliphatic carbocycles. The Morgan fingerprint density at radius 3 is 2.75 bits per heavy atom. The predicted octanol–water partition coefficient (Wildman–Crippen LogP) is 0.686.